The van der Waals surface area contributed by atoms with E-state index >= 15 is 0 Å². The average Bonchev–Trinajstić information content (AvgIpc) is 2.62. The number of nitrogens with zero attached hydrogens (tertiary/aromatic N) is 1. The van der Waals surface area contributed by atoms with E-state index in [0.717, 1.165) is 18.8 Å². The Morgan fingerprint density at radius 3 is 2.50 bits per heavy atom. The molecule has 0 amide bonds. The molecular formula is C14H27NO. The second-order valence-corrected chi connectivity index (χ2v) is 5.41. The zero-order chi connectivity index (χ0) is 11.8. The Labute approximate surface area is 100 Å². The largest absolute Gasteiger partial charge is 0.303 e. The van der Waals surface area contributed by atoms with Crippen LogP contribution in [0.4, 0.5) is 0 Å². The fourth-order valence-electron chi connectivity index (χ4n) is 2.47. The van der Waals surface area contributed by atoms with Crippen molar-refractivity contribution in [3.05, 3.63) is 0 Å². The second kappa shape index (κ2) is 7.83. The number of carbonyl (C=O) groups is 1. The number of likely N-dealkylation sites (tertiary alicyclic amines) is 1. The van der Waals surface area contributed by atoms with E-state index in [-0.39, 0.29) is 0 Å². The zero-order valence-corrected chi connectivity index (χ0v) is 11.0. The summed E-state index contributed by atoms with van der Waals surface area (Å²) in [7, 11) is 0. The van der Waals surface area contributed by atoms with Crippen molar-refractivity contribution in [2.24, 2.45) is 5.92 Å². The molecule has 0 aromatic heterocycles. The summed E-state index contributed by atoms with van der Waals surface area (Å²) in [6.07, 6.45) is 8.47. The molecule has 0 aliphatic carbocycles. The van der Waals surface area contributed by atoms with Gasteiger partial charge in [-0.25, -0.2) is 0 Å². The summed E-state index contributed by atoms with van der Waals surface area (Å²) in [6, 6.07) is 0. The molecule has 1 rings (SSSR count). The Bertz CT molecular complexity index is 203. The summed E-state index contributed by atoms with van der Waals surface area (Å²) >= 11 is 0. The minimum absolute atomic E-state index is 0.339. The molecule has 0 aromatic rings. The predicted octanol–water partition coefficient (Wildman–Crippen LogP) is 3.26. The van der Waals surface area contributed by atoms with Crippen LogP contribution in [-0.2, 0) is 4.79 Å². The van der Waals surface area contributed by atoms with E-state index in [1.54, 1.807) is 6.92 Å². The lowest BCUT2D eigenvalue weighted by atomic mass is 10.1. The number of hydrogen-bond acceptors (Lipinski definition) is 2. The Kier molecular flexibility index (Phi) is 6.70. The molecule has 0 saturated carbocycles. The Hall–Kier alpha value is -0.370. The van der Waals surface area contributed by atoms with E-state index in [1.165, 1.54) is 51.7 Å². The number of unbranched alkanes of at least 4 members (excludes halogenated alkanes) is 4. The Morgan fingerprint density at radius 1 is 1.19 bits per heavy atom. The zero-order valence-electron chi connectivity index (χ0n) is 11.0. The van der Waals surface area contributed by atoms with E-state index in [4.69, 9.17) is 0 Å². The van der Waals surface area contributed by atoms with Gasteiger partial charge in [-0.3, -0.25) is 0 Å². The van der Waals surface area contributed by atoms with Crippen molar-refractivity contribution < 1.29 is 4.79 Å². The van der Waals surface area contributed by atoms with Crippen LogP contribution < -0.4 is 0 Å². The molecule has 16 heavy (non-hydrogen) atoms. The van der Waals surface area contributed by atoms with Gasteiger partial charge >= 0.3 is 0 Å². The standard InChI is InChI=1S/C14H27NO/c1-13-9-11-15(12-13)10-7-5-3-4-6-8-14(2)16/h13H,3-12H2,1-2H3. The van der Waals surface area contributed by atoms with Gasteiger partial charge in [-0.15, -0.1) is 0 Å². The summed E-state index contributed by atoms with van der Waals surface area (Å²) in [5.41, 5.74) is 0. The van der Waals surface area contributed by atoms with Gasteiger partial charge < -0.3 is 9.69 Å². The number of rotatable bonds is 8. The Balaban J connectivity index is 1.83. The Morgan fingerprint density at radius 2 is 1.88 bits per heavy atom. The smallest absolute Gasteiger partial charge is 0.129 e. The molecule has 1 saturated heterocycles. The lowest BCUT2D eigenvalue weighted by molar-refractivity contribution is -0.117. The van der Waals surface area contributed by atoms with Crippen LogP contribution >= 0.6 is 0 Å². The summed E-state index contributed by atoms with van der Waals surface area (Å²) in [4.78, 5) is 13.3. The molecule has 0 radical (unpaired) electrons. The fraction of sp³-hybridized carbons (Fsp3) is 0.929. The summed E-state index contributed by atoms with van der Waals surface area (Å²) in [5.74, 6) is 1.25. The number of carbonyl (C=O) groups excluding carboxylic acids is 1. The summed E-state index contributed by atoms with van der Waals surface area (Å²) in [5, 5.41) is 0. The average molecular weight is 225 g/mol. The van der Waals surface area contributed by atoms with Crippen LogP contribution in [0, 0.1) is 5.92 Å². The molecule has 0 aromatic carbocycles. The van der Waals surface area contributed by atoms with Gasteiger partial charge in [-0.2, -0.15) is 0 Å². The van der Waals surface area contributed by atoms with Crippen LogP contribution in [0.3, 0.4) is 0 Å². The molecule has 0 spiro atoms. The molecule has 2 nitrogen and oxygen atoms in total. The second-order valence-electron chi connectivity index (χ2n) is 5.41. The fourth-order valence-corrected chi connectivity index (χ4v) is 2.47. The van der Waals surface area contributed by atoms with Gasteiger partial charge in [-0.1, -0.05) is 26.2 Å². The molecule has 1 atom stereocenters. The molecule has 2 heteroatoms. The van der Waals surface area contributed by atoms with Gasteiger partial charge in [0.05, 0.1) is 0 Å². The lowest BCUT2D eigenvalue weighted by Gasteiger charge is -2.14. The topological polar surface area (TPSA) is 20.3 Å². The number of ketones is 1. The summed E-state index contributed by atoms with van der Waals surface area (Å²) in [6.45, 7) is 7.95. The molecule has 0 N–H and O–H groups in total. The SMILES string of the molecule is CC(=O)CCCCCCCN1CCC(C)C1. The van der Waals surface area contributed by atoms with Crippen molar-refractivity contribution in [3.63, 3.8) is 0 Å². The first-order chi connectivity index (χ1) is 7.68. The first-order valence-electron chi connectivity index (χ1n) is 6.90. The van der Waals surface area contributed by atoms with E-state index in [9.17, 15) is 4.79 Å². The van der Waals surface area contributed by atoms with Crippen molar-refractivity contribution >= 4 is 5.78 Å². The third-order valence-electron chi connectivity index (χ3n) is 3.51. The third kappa shape index (κ3) is 6.26. The minimum Gasteiger partial charge on any atom is -0.303 e. The van der Waals surface area contributed by atoms with Crippen LogP contribution in [0.2, 0.25) is 0 Å². The normalized spacial score (nSPS) is 21.5. The van der Waals surface area contributed by atoms with Gasteiger partial charge in [0.2, 0.25) is 0 Å². The van der Waals surface area contributed by atoms with Crippen LogP contribution in [0.25, 0.3) is 0 Å². The van der Waals surface area contributed by atoms with Crippen molar-refractivity contribution in [3.8, 4) is 0 Å². The third-order valence-corrected chi connectivity index (χ3v) is 3.51. The monoisotopic (exact) mass is 225 g/mol. The van der Waals surface area contributed by atoms with Crippen molar-refractivity contribution in [2.45, 2.75) is 58.8 Å². The molecule has 1 fully saturated rings. The van der Waals surface area contributed by atoms with Gasteiger partial charge in [0.1, 0.15) is 5.78 Å². The van der Waals surface area contributed by atoms with Crippen molar-refractivity contribution in [2.75, 3.05) is 19.6 Å². The molecule has 0 bridgehead atoms. The van der Waals surface area contributed by atoms with Gasteiger partial charge in [-0.05, 0) is 45.2 Å². The van der Waals surface area contributed by atoms with Gasteiger partial charge in [0.15, 0.2) is 0 Å². The maximum absolute atomic E-state index is 10.7. The van der Waals surface area contributed by atoms with Crippen LogP contribution in [0.1, 0.15) is 58.8 Å². The van der Waals surface area contributed by atoms with Crippen LogP contribution in [0.15, 0.2) is 0 Å². The predicted molar refractivity (Wildman–Crippen MR) is 68.6 cm³/mol. The molecule has 1 unspecified atom stereocenters. The van der Waals surface area contributed by atoms with E-state index in [1.807, 2.05) is 0 Å². The molecular weight excluding hydrogens is 198 g/mol. The highest BCUT2D eigenvalue weighted by atomic mass is 16.1. The maximum atomic E-state index is 10.7. The molecule has 1 aliphatic heterocycles. The number of hydrogen-bond donors (Lipinski definition) is 0. The first-order valence-corrected chi connectivity index (χ1v) is 6.90. The van der Waals surface area contributed by atoms with Gasteiger partial charge in [0, 0.05) is 13.0 Å². The van der Waals surface area contributed by atoms with Crippen molar-refractivity contribution in [1.82, 2.24) is 4.90 Å². The summed E-state index contributed by atoms with van der Waals surface area (Å²) < 4.78 is 0. The van der Waals surface area contributed by atoms with Crippen LogP contribution in [-0.4, -0.2) is 30.3 Å². The first kappa shape index (κ1) is 13.7. The molecule has 1 aliphatic rings. The van der Waals surface area contributed by atoms with E-state index < -0.39 is 0 Å². The minimum atomic E-state index is 0.339. The highest BCUT2D eigenvalue weighted by Crippen LogP contribution is 2.16. The highest BCUT2D eigenvalue weighted by Gasteiger charge is 2.17. The van der Waals surface area contributed by atoms with E-state index in [0.29, 0.717) is 5.78 Å². The highest BCUT2D eigenvalue weighted by molar-refractivity contribution is 5.75. The van der Waals surface area contributed by atoms with E-state index in [2.05, 4.69) is 11.8 Å². The van der Waals surface area contributed by atoms with Crippen molar-refractivity contribution in [1.29, 1.82) is 0 Å². The van der Waals surface area contributed by atoms with Gasteiger partial charge in [0.25, 0.3) is 0 Å². The number of Topliss-reactive ketones (excluding diaryl/α,β-unsaturated/α-hetero) is 1. The molecule has 1 heterocycles. The maximum Gasteiger partial charge on any atom is 0.129 e. The quantitative estimate of drug-likeness (QED) is 0.591. The lowest BCUT2D eigenvalue weighted by Crippen LogP contribution is -2.21. The van der Waals surface area contributed by atoms with Crippen LogP contribution in [0.5, 0.6) is 0 Å². The molecule has 94 valence electrons.